The lowest BCUT2D eigenvalue weighted by Gasteiger charge is -2.31. The van der Waals surface area contributed by atoms with Gasteiger partial charge in [-0.1, -0.05) is 18.6 Å². The Labute approximate surface area is 231 Å². The highest BCUT2D eigenvalue weighted by Gasteiger charge is 2.36. The number of fused-ring (bicyclic) bond motifs is 2. The maximum absolute atomic E-state index is 13.0. The van der Waals surface area contributed by atoms with Gasteiger partial charge >= 0.3 is 6.03 Å². The van der Waals surface area contributed by atoms with E-state index in [-0.39, 0.29) is 11.7 Å². The molecule has 3 aliphatic carbocycles. The first-order chi connectivity index (χ1) is 18.7. The van der Waals surface area contributed by atoms with Crippen LogP contribution in [0.15, 0.2) is 17.2 Å². The molecule has 0 spiro atoms. The van der Waals surface area contributed by atoms with Crippen LogP contribution in [-0.2, 0) is 45.3 Å². The van der Waals surface area contributed by atoms with Crippen molar-refractivity contribution in [2.75, 3.05) is 31.5 Å². The summed E-state index contributed by atoms with van der Waals surface area (Å²) in [7, 11) is -3.82. The molecule has 1 fully saturated rings. The maximum atomic E-state index is 13.0. The molecule has 1 aromatic rings. The Morgan fingerprint density at radius 3 is 2.26 bits per heavy atom. The van der Waals surface area contributed by atoms with Gasteiger partial charge < -0.3 is 15.5 Å². The topological polar surface area (TPSA) is 125 Å². The summed E-state index contributed by atoms with van der Waals surface area (Å²) in [5, 5.41) is 5.16. The minimum Gasteiger partial charge on any atom is -0.354 e. The highest BCUT2D eigenvalue weighted by Crippen LogP contribution is 2.38. The molecule has 0 saturated carbocycles. The van der Waals surface area contributed by atoms with E-state index >= 15 is 0 Å². The molecule has 0 aromatic heterocycles. The molecular formula is C29H40N4O5S. The maximum Gasteiger partial charge on any atom is 0.332 e. The lowest BCUT2D eigenvalue weighted by atomic mass is 9.99. The Morgan fingerprint density at radius 1 is 1.03 bits per heavy atom. The van der Waals surface area contributed by atoms with Gasteiger partial charge in [0.15, 0.2) is 5.78 Å². The van der Waals surface area contributed by atoms with Crippen molar-refractivity contribution in [3.8, 4) is 0 Å². The molecule has 39 heavy (non-hydrogen) atoms. The molecular weight excluding hydrogens is 516 g/mol. The number of hydrogen-bond donors (Lipinski definition) is 3. The van der Waals surface area contributed by atoms with Crippen molar-refractivity contribution >= 4 is 33.4 Å². The van der Waals surface area contributed by atoms with Crippen LogP contribution in [0.3, 0.4) is 0 Å². The molecule has 1 atom stereocenters. The zero-order valence-electron chi connectivity index (χ0n) is 23.0. The second-order valence-corrected chi connectivity index (χ2v) is 13.4. The number of rotatable bonds is 8. The Kier molecular flexibility index (Phi) is 8.14. The number of Topliss-reactive ketones (excluding diaryl/α,β-unsaturated/α-hetero) is 1. The van der Waals surface area contributed by atoms with Crippen LogP contribution in [0.5, 0.6) is 0 Å². The molecule has 212 valence electrons. The average Bonchev–Trinajstić information content (AvgIpc) is 3.63. The summed E-state index contributed by atoms with van der Waals surface area (Å²) in [6, 6.07) is 1.60. The van der Waals surface area contributed by atoms with Crippen LogP contribution in [0, 0.1) is 5.92 Å². The molecule has 10 heteroatoms. The number of carbonyl (C=O) groups excluding carboxylic acids is 3. The Bertz CT molecular complexity index is 1280. The number of nitrogens with zero attached hydrogens (tertiary/aromatic N) is 1. The van der Waals surface area contributed by atoms with Crippen LogP contribution in [0.25, 0.3) is 0 Å². The SMILES string of the molecule is CCC1=C(C)CC(C(=O)NCCN2CCC(S(=O)(=O)NC(=O)Nc3c4c(cc5c3CCC5)CCC4)CC2)C1=O. The van der Waals surface area contributed by atoms with Gasteiger partial charge in [0, 0.05) is 18.8 Å². The number of aryl methyl sites for hydroxylation is 2. The highest BCUT2D eigenvalue weighted by atomic mass is 32.2. The molecule has 1 aliphatic heterocycles. The van der Waals surface area contributed by atoms with Crippen LogP contribution in [-0.4, -0.2) is 62.5 Å². The van der Waals surface area contributed by atoms with Gasteiger partial charge in [-0.15, -0.1) is 0 Å². The van der Waals surface area contributed by atoms with E-state index in [1.165, 1.54) is 11.1 Å². The first-order valence-electron chi connectivity index (χ1n) is 14.4. The van der Waals surface area contributed by atoms with Gasteiger partial charge in [0.05, 0.1) is 5.25 Å². The molecule has 3 amide bonds. The highest BCUT2D eigenvalue weighted by molar-refractivity contribution is 7.90. The lowest BCUT2D eigenvalue weighted by molar-refractivity contribution is -0.131. The number of sulfonamides is 1. The summed E-state index contributed by atoms with van der Waals surface area (Å²) < 4.78 is 28.4. The van der Waals surface area contributed by atoms with E-state index in [9.17, 15) is 22.8 Å². The number of urea groups is 1. The van der Waals surface area contributed by atoms with Crippen LogP contribution < -0.4 is 15.4 Å². The zero-order chi connectivity index (χ0) is 27.7. The van der Waals surface area contributed by atoms with Crippen molar-refractivity contribution in [2.24, 2.45) is 5.92 Å². The van der Waals surface area contributed by atoms with Crippen molar-refractivity contribution in [1.82, 2.24) is 14.9 Å². The quantitative estimate of drug-likeness (QED) is 0.423. The van der Waals surface area contributed by atoms with Gasteiger partial charge in [-0.05, 0) is 112 Å². The minimum absolute atomic E-state index is 0.0592. The number of hydrogen-bond acceptors (Lipinski definition) is 6. The van der Waals surface area contributed by atoms with E-state index in [4.69, 9.17) is 0 Å². The number of allylic oxidation sites excluding steroid dienone is 2. The van der Waals surface area contributed by atoms with Gasteiger partial charge in [0.2, 0.25) is 15.9 Å². The Balaban J connectivity index is 1.08. The number of amides is 3. The van der Waals surface area contributed by atoms with E-state index in [1.54, 1.807) is 0 Å². The zero-order valence-corrected chi connectivity index (χ0v) is 23.8. The fourth-order valence-electron chi connectivity index (χ4n) is 6.85. The van der Waals surface area contributed by atoms with Crippen molar-refractivity contribution in [2.45, 2.75) is 83.3 Å². The fourth-order valence-corrected chi connectivity index (χ4v) is 8.16. The summed E-state index contributed by atoms with van der Waals surface area (Å²) in [6.07, 6.45) is 7.94. The predicted molar refractivity (Wildman–Crippen MR) is 150 cm³/mol. The van der Waals surface area contributed by atoms with Gasteiger partial charge in [-0.2, -0.15) is 0 Å². The summed E-state index contributed by atoms with van der Waals surface area (Å²) in [4.78, 5) is 39.9. The molecule has 4 aliphatic rings. The minimum atomic E-state index is -3.82. The molecule has 1 unspecified atom stereocenters. The Morgan fingerprint density at radius 2 is 1.67 bits per heavy atom. The average molecular weight is 557 g/mol. The number of piperidine rings is 1. The monoisotopic (exact) mass is 556 g/mol. The van der Waals surface area contributed by atoms with Crippen molar-refractivity contribution in [3.05, 3.63) is 39.5 Å². The van der Waals surface area contributed by atoms with Gasteiger partial charge in [-0.25, -0.2) is 17.9 Å². The van der Waals surface area contributed by atoms with Crippen LogP contribution >= 0.6 is 0 Å². The fraction of sp³-hybridized carbons (Fsp3) is 0.621. The van der Waals surface area contributed by atoms with E-state index < -0.39 is 27.2 Å². The largest absolute Gasteiger partial charge is 0.354 e. The molecule has 1 heterocycles. The third kappa shape index (κ3) is 5.77. The van der Waals surface area contributed by atoms with Crippen LogP contribution in [0.4, 0.5) is 10.5 Å². The summed E-state index contributed by atoms with van der Waals surface area (Å²) >= 11 is 0. The van der Waals surface area contributed by atoms with Crippen molar-refractivity contribution in [1.29, 1.82) is 0 Å². The summed E-state index contributed by atoms with van der Waals surface area (Å²) in [6.45, 7) is 5.97. The third-order valence-electron chi connectivity index (χ3n) is 8.96. The molecule has 0 bridgehead atoms. The molecule has 3 N–H and O–H groups in total. The first kappa shape index (κ1) is 27.8. The lowest BCUT2D eigenvalue weighted by Crippen LogP contribution is -2.47. The standard InChI is InChI=1S/C29H40N4O5S/c1-3-22-18(2)16-25(27(22)34)28(35)30-12-15-33-13-10-21(11-14-33)39(37,38)32-29(36)31-26-23-8-4-6-19(23)17-20-7-5-9-24(20)26/h17,21,25H,3-16H2,1-2H3,(H,30,35)(H2,31,32,36). The van der Waals surface area contributed by atoms with Gasteiger partial charge in [-0.3, -0.25) is 9.59 Å². The number of benzene rings is 1. The number of anilines is 1. The first-order valence-corrected chi connectivity index (χ1v) is 15.9. The van der Waals surface area contributed by atoms with E-state index in [2.05, 4.69) is 26.3 Å². The molecule has 1 saturated heterocycles. The second-order valence-electron chi connectivity index (χ2n) is 11.4. The predicted octanol–water partition coefficient (Wildman–Crippen LogP) is 3.01. The second kappa shape index (κ2) is 11.4. The van der Waals surface area contributed by atoms with Gasteiger partial charge in [0.1, 0.15) is 5.92 Å². The van der Waals surface area contributed by atoms with Crippen LogP contribution in [0.2, 0.25) is 0 Å². The van der Waals surface area contributed by atoms with Gasteiger partial charge in [0.25, 0.3) is 0 Å². The molecule has 5 rings (SSSR count). The normalized spacial score (nSPS) is 21.7. The summed E-state index contributed by atoms with van der Waals surface area (Å²) in [5.74, 6) is -0.910. The van der Waals surface area contributed by atoms with E-state index in [0.29, 0.717) is 51.9 Å². The van der Waals surface area contributed by atoms with Crippen molar-refractivity contribution < 1.29 is 22.8 Å². The number of carbonyl (C=O) groups is 3. The van der Waals surface area contributed by atoms with E-state index in [1.807, 2.05) is 13.8 Å². The number of nitrogens with one attached hydrogen (secondary N) is 3. The van der Waals surface area contributed by atoms with Crippen molar-refractivity contribution in [3.63, 3.8) is 0 Å². The van der Waals surface area contributed by atoms with Crippen LogP contribution in [0.1, 0.15) is 74.6 Å². The summed E-state index contributed by atoms with van der Waals surface area (Å²) in [5.41, 5.74) is 7.51. The number of ketones is 1. The Hall–Kier alpha value is -2.72. The molecule has 0 radical (unpaired) electrons. The third-order valence-corrected chi connectivity index (χ3v) is 10.8. The molecule has 9 nitrogen and oxygen atoms in total. The smallest absolute Gasteiger partial charge is 0.332 e. The van der Waals surface area contributed by atoms with E-state index in [0.717, 1.165) is 66.5 Å². The number of likely N-dealkylation sites (tertiary alicyclic amines) is 1. The molecule has 1 aromatic carbocycles.